The van der Waals surface area contributed by atoms with Gasteiger partial charge in [-0.15, -0.1) is 0 Å². The van der Waals surface area contributed by atoms with Gasteiger partial charge in [0.05, 0.1) is 11.1 Å². The summed E-state index contributed by atoms with van der Waals surface area (Å²) in [7, 11) is 0. The Kier molecular flexibility index (Phi) is 3.91. The number of aromatic amines is 1. The first-order valence-electron chi connectivity index (χ1n) is 7.81. The largest absolute Gasteiger partial charge is 0.433 e. The minimum absolute atomic E-state index is 0.136. The predicted octanol–water partition coefficient (Wildman–Crippen LogP) is 5.59. The molecule has 1 N–H and O–H groups in total. The molecule has 4 aromatic rings. The maximum atomic E-state index is 13.3. The Morgan fingerprint density at radius 3 is 1.89 bits per heavy atom. The van der Waals surface area contributed by atoms with Crippen molar-refractivity contribution >= 4 is 11.0 Å². The maximum absolute atomic E-state index is 13.3. The van der Waals surface area contributed by atoms with Crippen molar-refractivity contribution in [3.05, 3.63) is 71.9 Å². The standard InChI is InChI=1S/C19H10F5N3/c20-12-5-1-10(2-6-12)14-9-15(19(22,23)24)25-18-16(14)17(26-27-18)11-3-7-13(21)8-4-11/h1-9H,(H,25,26,27). The number of nitrogens with one attached hydrogen (secondary N) is 1. The minimum Gasteiger partial charge on any atom is -0.275 e. The van der Waals surface area contributed by atoms with Gasteiger partial charge in [-0.3, -0.25) is 5.10 Å². The third-order valence-electron chi connectivity index (χ3n) is 4.10. The van der Waals surface area contributed by atoms with E-state index in [2.05, 4.69) is 15.2 Å². The average molecular weight is 375 g/mol. The molecule has 0 aliphatic heterocycles. The van der Waals surface area contributed by atoms with Crippen LogP contribution in [0.4, 0.5) is 22.0 Å². The van der Waals surface area contributed by atoms with Crippen molar-refractivity contribution in [2.45, 2.75) is 6.18 Å². The number of aromatic nitrogens is 3. The van der Waals surface area contributed by atoms with E-state index in [1.165, 1.54) is 36.4 Å². The lowest BCUT2D eigenvalue weighted by atomic mass is 9.98. The zero-order chi connectivity index (χ0) is 19.2. The smallest absolute Gasteiger partial charge is 0.275 e. The van der Waals surface area contributed by atoms with Gasteiger partial charge in [0.2, 0.25) is 0 Å². The number of rotatable bonds is 2. The zero-order valence-corrected chi connectivity index (χ0v) is 13.5. The molecule has 27 heavy (non-hydrogen) atoms. The molecule has 0 saturated carbocycles. The van der Waals surface area contributed by atoms with Gasteiger partial charge in [-0.1, -0.05) is 12.1 Å². The summed E-state index contributed by atoms with van der Waals surface area (Å²) in [4.78, 5) is 3.60. The van der Waals surface area contributed by atoms with Crippen LogP contribution in [0.25, 0.3) is 33.4 Å². The number of pyridine rings is 1. The van der Waals surface area contributed by atoms with E-state index in [1.54, 1.807) is 0 Å². The van der Waals surface area contributed by atoms with Crippen LogP contribution in [0.5, 0.6) is 0 Å². The first kappa shape index (κ1) is 17.1. The summed E-state index contributed by atoms with van der Waals surface area (Å²) in [5, 5.41) is 6.90. The highest BCUT2D eigenvalue weighted by atomic mass is 19.4. The fourth-order valence-corrected chi connectivity index (χ4v) is 2.85. The van der Waals surface area contributed by atoms with Crippen LogP contribution in [-0.2, 0) is 6.18 Å². The SMILES string of the molecule is Fc1ccc(-c2cc(C(F)(F)F)nc3n[nH]c(-c4ccc(F)cc4)c23)cc1. The molecule has 8 heteroatoms. The molecule has 0 bridgehead atoms. The van der Waals surface area contributed by atoms with E-state index < -0.39 is 23.5 Å². The van der Waals surface area contributed by atoms with Crippen molar-refractivity contribution < 1.29 is 22.0 Å². The van der Waals surface area contributed by atoms with Crippen molar-refractivity contribution in [3.63, 3.8) is 0 Å². The Bertz CT molecular complexity index is 1110. The molecule has 136 valence electrons. The lowest BCUT2D eigenvalue weighted by Gasteiger charge is -2.11. The number of benzene rings is 2. The molecule has 0 radical (unpaired) electrons. The molecule has 0 atom stereocenters. The van der Waals surface area contributed by atoms with E-state index in [0.29, 0.717) is 22.2 Å². The molecule has 0 saturated heterocycles. The second-order valence-corrected chi connectivity index (χ2v) is 5.86. The molecule has 0 aliphatic rings. The van der Waals surface area contributed by atoms with Gasteiger partial charge in [0.25, 0.3) is 0 Å². The molecule has 4 rings (SSSR count). The van der Waals surface area contributed by atoms with Gasteiger partial charge in [0, 0.05) is 5.56 Å². The second-order valence-electron chi connectivity index (χ2n) is 5.86. The van der Waals surface area contributed by atoms with E-state index in [4.69, 9.17) is 0 Å². The van der Waals surface area contributed by atoms with Crippen LogP contribution in [0.2, 0.25) is 0 Å². The van der Waals surface area contributed by atoms with E-state index >= 15 is 0 Å². The number of H-pyrrole nitrogens is 1. The molecule has 0 unspecified atom stereocenters. The zero-order valence-electron chi connectivity index (χ0n) is 13.5. The molecular formula is C19H10F5N3. The number of hydrogen-bond donors (Lipinski definition) is 1. The molecule has 0 amide bonds. The van der Waals surface area contributed by atoms with E-state index in [-0.39, 0.29) is 11.2 Å². The van der Waals surface area contributed by atoms with Gasteiger partial charge in [-0.05, 0) is 53.6 Å². The van der Waals surface area contributed by atoms with Crippen LogP contribution in [0.15, 0.2) is 54.6 Å². The topological polar surface area (TPSA) is 41.6 Å². The normalized spacial score (nSPS) is 11.9. The van der Waals surface area contributed by atoms with Gasteiger partial charge < -0.3 is 0 Å². The number of halogens is 5. The highest BCUT2D eigenvalue weighted by Gasteiger charge is 2.34. The van der Waals surface area contributed by atoms with Gasteiger partial charge in [-0.2, -0.15) is 18.3 Å². The van der Waals surface area contributed by atoms with Gasteiger partial charge >= 0.3 is 6.18 Å². The van der Waals surface area contributed by atoms with E-state index in [1.807, 2.05) is 0 Å². The number of hydrogen-bond acceptors (Lipinski definition) is 2. The number of fused-ring (bicyclic) bond motifs is 1. The molecule has 0 aliphatic carbocycles. The summed E-state index contributed by atoms with van der Waals surface area (Å²) in [6, 6.07) is 11.4. The van der Waals surface area contributed by atoms with Gasteiger partial charge in [-0.25, -0.2) is 13.8 Å². The predicted molar refractivity (Wildman–Crippen MR) is 89.7 cm³/mol. The second kappa shape index (κ2) is 6.15. The van der Waals surface area contributed by atoms with Crippen molar-refractivity contribution in [1.82, 2.24) is 15.2 Å². The molecule has 0 spiro atoms. The Balaban J connectivity index is 2.03. The van der Waals surface area contributed by atoms with E-state index in [9.17, 15) is 22.0 Å². The Labute approximate surface area is 149 Å². The summed E-state index contributed by atoms with van der Waals surface area (Å²) in [5.74, 6) is -0.954. The maximum Gasteiger partial charge on any atom is 0.433 e. The summed E-state index contributed by atoms with van der Waals surface area (Å²) < 4.78 is 66.2. The van der Waals surface area contributed by atoms with Crippen LogP contribution in [0.1, 0.15) is 5.69 Å². The fraction of sp³-hybridized carbons (Fsp3) is 0.0526. The van der Waals surface area contributed by atoms with Crippen LogP contribution in [-0.4, -0.2) is 15.2 Å². The highest BCUT2D eigenvalue weighted by Crippen LogP contribution is 2.38. The van der Waals surface area contributed by atoms with Crippen molar-refractivity contribution in [2.24, 2.45) is 0 Å². The third-order valence-corrected chi connectivity index (χ3v) is 4.10. The highest BCUT2D eigenvalue weighted by molar-refractivity contribution is 6.02. The monoisotopic (exact) mass is 375 g/mol. The third kappa shape index (κ3) is 3.14. The van der Waals surface area contributed by atoms with Crippen molar-refractivity contribution in [3.8, 4) is 22.4 Å². The molecular weight excluding hydrogens is 365 g/mol. The number of alkyl halides is 3. The Morgan fingerprint density at radius 1 is 0.778 bits per heavy atom. The van der Waals surface area contributed by atoms with Gasteiger partial charge in [0.1, 0.15) is 17.3 Å². The first-order chi connectivity index (χ1) is 12.8. The summed E-state index contributed by atoms with van der Waals surface area (Å²) >= 11 is 0. The molecule has 2 aromatic carbocycles. The van der Waals surface area contributed by atoms with Crippen molar-refractivity contribution in [1.29, 1.82) is 0 Å². The summed E-state index contributed by atoms with van der Waals surface area (Å²) in [6.07, 6.45) is -4.67. The quantitative estimate of drug-likeness (QED) is 0.464. The average Bonchev–Trinajstić information content (AvgIpc) is 3.06. The fourth-order valence-electron chi connectivity index (χ4n) is 2.85. The minimum atomic E-state index is -4.67. The van der Waals surface area contributed by atoms with Crippen LogP contribution < -0.4 is 0 Å². The Morgan fingerprint density at radius 2 is 1.33 bits per heavy atom. The Hall–Kier alpha value is -3.29. The lowest BCUT2D eigenvalue weighted by molar-refractivity contribution is -0.140. The molecule has 0 fully saturated rings. The van der Waals surface area contributed by atoms with E-state index in [0.717, 1.165) is 18.2 Å². The summed E-state index contributed by atoms with van der Waals surface area (Å²) in [6.45, 7) is 0. The number of nitrogens with zero attached hydrogens (tertiary/aromatic N) is 2. The van der Waals surface area contributed by atoms with Crippen LogP contribution >= 0.6 is 0 Å². The lowest BCUT2D eigenvalue weighted by Crippen LogP contribution is -2.08. The van der Waals surface area contributed by atoms with Crippen LogP contribution in [0, 0.1) is 11.6 Å². The first-order valence-corrected chi connectivity index (χ1v) is 7.81. The molecule has 2 aromatic heterocycles. The van der Waals surface area contributed by atoms with Crippen molar-refractivity contribution in [2.75, 3.05) is 0 Å². The molecule has 2 heterocycles. The van der Waals surface area contributed by atoms with Crippen LogP contribution in [0.3, 0.4) is 0 Å². The van der Waals surface area contributed by atoms with Gasteiger partial charge in [0.15, 0.2) is 5.65 Å². The molecule has 3 nitrogen and oxygen atoms in total. The summed E-state index contributed by atoms with van der Waals surface area (Å²) in [5.41, 5.74) is 0.254.